The minimum absolute atomic E-state index is 0.0520. The molecule has 1 aliphatic rings. The number of carbonyl (C=O) groups excluding carboxylic acids is 1. The van der Waals surface area contributed by atoms with E-state index in [4.69, 9.17) is 10.5 Å². The summed E-state index contributed by atoms with van der Waals surface area (Å²) >= 11 is 0. The Morgan fingerprint density at radius 1 is 1.12 bits per heavy atom. The van der Waals surface area contributed by atoms with Crippen LogP contribution in [-0.4, -0.2) is 11.9 Å². The van der Waals surface area contributed by atoms with Gasteiger partial charge in [-0.25, -0.2) is 0 Å². The third-order valence-corrected chi connectivity index (χ3v) is 4.15. The highest BCUT2D eigenvalue weighted by atomic mass is 16.1. The third-order valence-electron chi connectivity index (χ3n) is 4.15. The van der Waals surface area contributed by atoms with Crippen molar-refractivity contribution in [2.45, 2.75) is 32.4 Å². The van der Waals surface area contributed by atoms with Crippen LogP contribution in [0.15, 0.2) is 36.4 Å². The van der Waals surface area contributed by atoms with Crippen LogP contribution >= 0.6 is 0 Å². The zero-order valence-corrected chi connectivity index (χ0v) is 14.0. The smallest absolute Gasteiger partial charge is 0.251 e. The predicted molar refractivity (Wildman–Crippen MR) is 94.9 cm³/mol. The molecule has 0 aromatic heterocycles. The Labute approximate surface area is 146 Å². The third kappa shape index (κ3) is 4.16. The summed E-state index contributed by atoms with van der Waals surface area (Å²) in [6, 6.07) is 15.1. The van der Waals surface area contributed by atoms with E-state index >= 15 is 0 Å². The van der Waals surface area contributed by atoms with Crippen LogP contribution in [0.4, 0.5) is 5.69 Å². The Morgan fingerprint density at radius 2 is 1.80 bits per heavy atom. The Balaban J connectivity index is 1.75. The molecule has 1 amide bonds. The molecule has 0 radical (unpaired) electrons. The van der Waals surface area contributed by atoms with Crippen LogP contribution in [0.1, 0.15) is 45.5 Å². The molecule has 0 saturated heterocycles. The second-order valence-corrected chi connectivity index (χ2v) is 6.27. The number of rotatable bonds is 5. The summed E-state index contributed by atoms with van der Waals surface area (Å²) in [5.74, 6) is -0.0520. The average molecular weight is 330 g/mol. The lowest BCUT2D eigenvalue weighted by Gasteiger charge is -2.12. The molecule has 2 N–H and O–H groups in total. The summed E-state index contributed by atoms with van der Waals surface area (Å²) in [5, 5.41) is 24.4. The number of carbonyl (C=O) groups is 1. The van der Waals surface area contributed by atoms with Gasteiger partial charge in [0.05, 0.1) is 23.3 Å². The Morgan fingerprint density at radius 3 is 2.40 bits per heavy atom. The molecule has 0 unspecified atom stereocenters. The number of nitrogens with one attached hydrogen (secondary N) is 2. The standard InChI is InChI=1S/C20H18N4O/c1-13-2-3-17(20(25)24-18-4-5-18)9-19(13)23-12-16-7-14(10-21)6-15(8-16)11-22/h2-3,6-9,18,23H,4-5,12H2,1H3,(H,24,25). The van der Waals surface area contributed by atoms with Gasteiger partial charge in [-0.1, -0.05) is 6.07 Å². The highest BCUT2D eigenvalue weighted by Crippen LogP contribution is 2.22. The van der Waals surface area contributed by atoms with Gasteiger partial charge in [0.15, 0.2) is 0 Å². The lowest BCUT2D eigenvalue weighted by Crippen LogP contribution is -2.25. The molecule has 0 heterocycles. The SMILES string of the molecule is Cc1ccc(C(=O)NC2CC2)cc1NCc1cc(C#N)cc(C#N)c1. The van der Waals surface area contributed by atoms with Crippen LogP contribution in [0.2, 0.25) is 0 Å². The molecule has 0 aliphatic heterocycles. The number of nitriles is 2. The van der Waals surface area contributed by atoms with Crippen molar-refractivity contribution in [3.63, 3.8) is 0 Å². The first-order valence-corrected chi connectivity index (χ1v) is 8.18. The molecule has 1 saturated carbocycles. The first-order valence-electron chi connectivity index (χ1n) is 8.18. The lowest BCUT2D eigenvalue weighted by atomic mass is 10.1. The number of anilines is 1. The normalized spacial score (nSPS) is 12.8. The van der Waals surface area contributed by atoms with Gasteiger partial charge in [0.1, 0.15) is 0 Å². The first-order chi connectivity index (χ1) is 12.1. The van der Waals surface area contributed by atoms with Crippen LogP contribution in [0.3, 0.4) is 0 Å². The Kier molecular flexibility index (Phi) is 4.68. The molecule has 5 nitrogen and oxygen atoms in total. The van der Waals surface area contributed by atoms with E-state index in [2.05, 4.69) is 22.8 Å². The summed E-state index contributed by atoms with van der Waals surface area (Å²) in [4.78, 5) is 12.2. The molecule has 124 valence electrons. The van der Waals surface area contributed by atoms with E-state index in [0.717, 1.165) is 29.7 Å². The topological polar surface area (TPSA) is 88.7 Å². The van der Waals surface area contributed by atoms with Gasteiger partial charge in [-0.05, 0) is 61.2 Å². The van der Waals surface area contributed by atoms with Gasteiger partial charge in [0.2, 0.25) is 0 Å². The molecule has 0 bridgehead atoms. The molecular weight excluding hydrogens is 312 g/mol. The van der Waals surface area contributed by atoms with E-state index in [0.29, 0.717) is 29.3 Å². The number of nitrogens with zero attached hydrogens (tertiary/aromatic N) is 2. The maximum Gasteiger partial charge on any atom is 0.251 e. The molecule has 5 heteroatoms. The highest BCUT2D eigenvalue weighted by molar-refractivity contribution is 5.95. The fraction of sp³-hybridized carbons (Fsp3) is 0.250. The molecule has 0 spiro atoms. The van der Waals surface area contributed by atoms with Crippen molar-refractivity contribution < 1.29 is 4.79 Å². The van der Waals surface area contributed by atoms with Crippen LogP contribution in [0.5, 0.6) is 0 Å². The number of amides is 1. The van der Waals surface area contributed by atoms with Gasteiger partial charge in [0.25, 0.3) is 5.91 Å². The molecule has 0 atom stereocenters. The summed E-state index contributed by atoms with van der Waals surface area (Å²) in [7, 11) is 0. The largest absolute Gasteiger partial charge is 0.381 e. The van der Waals surface area contributed by atoms with Crippen molar-refractivity contribution in [3.8, 4) is 12.1 Å². The van der Waals surface area contributed by atoms with Crippen molar-refractivity contribution in [2.24, 2.45) is 0 Å². The van der Waals surface area contributed by atoms with E-state index in [-0.39, 0.29) is 5.91 Å². The molecular formula is C20H18N4O. The van der Waals surface area contributed by atoms with Crippen LogP contribution < -0.4 is 10.6 Å². The van der Waals surface area contributed by atoms with Crippen LogP contribution in [0.25, 0.3) is 0 Å². The highest BCUT2D eigenvalue weighted by Gasteiger charge is 2.23. The first kappa shape index (κ1) is 16.5. The van der Waals surface area contributed by atoms with E-state index in [9.17, 15) is 4.79 Å². The van der Waals surface area contributed by atoms with E-state index in [1.165, 1.54) is 0 Å². The summed E-state index contributed by atoms with van der Waals surface area (Å²) in [6.45, 7) is 2.44. The van der Waals surface area contributed by atoms with Crippen molar-refractivity contribution in [3.05, 3.63) is 64.2 Å². The molecule has 3 rings (SSSR count). The summed E-state index contributed by atoms with van der Waals surface area (Å²) < 4.78 is 0. The van der Waals surface area contributed by atoms with Gasteiger partial charge in [-0.3, -0.25) is 4.79 Å². The van der Waals surface area contributed by atoms with Gasteiger partial charge >= 0.3 is 0 Å². The fourth-order valence-corrected chi connectivity index (χ4v) is 2.57. The molecule has 2 aromatic carbocycles. The number of hydrogen-bond donors (Lipinski definition) is 2. The second-order valence-electron chi connectivity index (χ2n) is 6.27. The van der Waals surface area contributed by atoms with Crippen molar-refractivity contribution in [1.82, 2.24) is 5.32 Å². The number of hydrogen-bond acceptors (Lipinski definition) is 4. The van der Waals surface area contributed by atoms with E-state index < -0.39 is 0 Å². The van der Waals surface area contributed by atoms with Gasteiger partial charge in [0, 0.05) is 23.8 Å². The maximum absolute atomic E-state index is 12.2. The van der Waals surface area contributed by atoms with E-state index in [1.807, 2.05) is 25.1 Å². The maximum atomic E-state index is 12.2. The van der Waals surface area contributed by atoms with Gasteiger partial charge < -0.3 is 10.6 Å². The lowest BCUT2D eigenvalue weighted by molar-refractivity contribution is 0.0951. The zero-order valence-electron chi connectivity index (χ0n) is 14.0. The van der Waals surface area contributed by atoms with Gasteiger partial charge in [-0.2, -0.15) is 10.5 Å². The Bertz CT molecular complexity index is 869. The monoisotopic (exact) mass is 330 g/mol. The second kappa shape index (κ2) is 7.07. The molecule has 25 heavy (non-hydrogen) atoms. The predicted octanol–water partition coefficient (Wildman–Crippen LogP) is 3.24. The van der Waals surface area contributed by atoms with Gasteiger partial charge in [-0.15, -0.1) is 0 Å². The minimum Gasteiger partial charge on any atom is -0.381 e. The quantitative estimate of drug-likeness (QED) is 0.881. The number of aryl methyl sites for hydroxylation is 1. The van der Waals surface area contributed by atoms with Crippen molar-refractivity contribution in [1.29, 1.82) is 10.5 Å². The Hall–Kier alpha value is -3.31. The van der Waals surface area contributed by atoms with Crippen LogP contribution in [-0.2, 0) is 6.54 Å². The summed E-state index contributed by atoms with van der Waals surface area (Å²) in [5.41, 5.74) is 4.30. The molecule has 2 aromatic rings. The molecule has 1 aliphatic carbocycles. The zero-order chi connectivity index (χ0) is 17.8. The van der Waals surface area contributed by atoms with Crippen LogP contribution in [0, 0.1) is 29.6 Å². The fourth-order valence-electron chi connectivity index (χ4n) is 2.57. The minimum atomic E-state index is -0.0520. The number of benzene rings is 2. The van der Waals surface area contributed by atoms with E-state index in [1.54, 1.807) is 18.2 Å². The summed E-state index contributed by atoms with van der Waals surface area (Å²) in [6.07, 6.45) is 2.11. The average Bonchev–Trinajstić information content (AvgIpc) is 3.44. The molecule has 1 fully saturated rings. The van der Waals surface area contributed by atoms with Crippen molar-refractivity contribution in [2.75, 3.05) is 5.32 Å². The van der Waals surface area contributed by atoms with Crippen molar-refractivity contribution >= 4 is 11.6 Å².